The molecule has 1 aliphatic rings. The van der Waals surface area contributed by atoms with E-state index in [0.29, 0.717) is 24.1 Å². The van der Waals surface area contributed by atoms with Crippen molar-refractivity contribution in [2.75, 3.05) is 7.05 Å². The van der Waals surface area contributed by atoms with E-state index < -0.39 is 0 Å². The quantitative estimate of drug-likeness (QED) is 0.711. The van der Waals surface area contributed by atoms with Crippen LogP contribution in [0.2, 0.25) is 0 Å². The van der Waals surface area contributed by atoms with Gasteiger partial charge >= 0.3 is 0 Å². The largest absolute Gasteiger partial charge is 0.464 e. The number of furan rings is 1. The number of nitrogens with zero attached hydrogens (tertiary/aromatic N) is 3. The third kappa shape index (κ3) is 3.09. The van der Waals surface area contributed by atoms with Crippen LogP contribution in [0, 0.1) is 5.92 Å². The number of aromatic nitrogens is 2. The lowest BCUT2D eigenvalue weighted by Gasteiger charge is -2.17. The summed E-state index contributed by atoms with van der Waals surface area (Å²) in [6.45, 7) is 2.67. The van der Waals surface area contributed by atoms with Crippen LogP contribution in [0.25, 0.3) is 5.69 Å². The molecule has 128 valence electrons. The molecule has 0 N–H and O–H groups in total. The number of rotatable bonds is 5. The third-order valence-electron chi connectivity index (χ3n) is 4.79. The molecule has 4 rings (SSSR count). The van der Waals surface area contributed by atoms with Crippen molar-refractivity contribution in [3.05, 3.63) is 72.2 Å². The number of benzene rings is 1. The number of imidazole rings is 1. The first-order chi connectivity index (χ1) is 12.1. The summed E-state index contributed by atoms with van der Waals surface area (Å²) in [5.74, 6) is 3.03. The number of hydrogen-bond acceptors (Lipinski definition) is 3. The molecule has 0 saturated heterocycles. The molecule has 0 radical (unpaired) electrons. The Morgan fingerprint density at radius 3 is 2.76 bits per heavy atom. The summed E-state index contributed by atoms with van der Waals surface area (Å²) in [5.41, 5.74) is 1.45. The Hall–Kier alpha value is -2.82. The molecule has 1 fully saturated rings. The first-order valence-corrected chi connectivity index (χ1v) is 8.55. The van der Waals surface area contributed by atoms with E-state index >= 15 is 0 Å². The first kappa shape index (κ1) is 15.7. The van der Waals surface area contributed by atoms with Crippen LogP contribution in [0.3, 0.4) is 0 Å². The highest BCUT2D eigenvalue weighted by molar-refractivity contribution is 5.92. The van der Waals surface area contributed by atoms with Crippen LogP contribution >= 0.6 is 0 Å². The van der Waals surface area contributed by atoms with Gasteiger partial charge in [-0.15, -0.1) is 0 Å². The van der Waals surface area contributed by atoms with Gasteiger partial charge in [-0.2, -0.15) is 0 Å². The van der Waals surface area contributed by atoms with Crippen molar-refractivity contribution in [3.8, 4) is 5.69 Å². The lowest BCUT2D eigenvalue weighted by atomic mass is 10.3. The second-order valence-corrected chi connectivity index (χ2v) is 6.77. The Labute approximate surface area is 146 Å². The zero-order chi connectivity index (χ0) is 17.4. The molecule has 1 saturated carbocycles. The van der Waals surface area contributed by atoms with Crippen molar-refractivity contribution < 1.29 is 9.21 Å². The number of para-hydroxylation sites is 1. The maximum atomic E-state index is 12.8. The highest BCUT2D eigenvalue weighted by Crippen LogP contribution is 2.47. The molecule has 25 heavy (non-hydrogen) atoms. The molecule has 0 spiro atoms. The van der Waals surface area contributed by atoms with Crippen molar-refractivity contribution in [3.63, 3.8) is 0 Å². The highest BCUT2D eigenvalue weighted by atomic mass is 16.3. The molecule has 3 aromatic rings. The van der Waals surface area contributed by atoms with Crippen LogP contribution in [0.5, 0.6) is 0 Å². The van der Waals surface area contributed by atoms with Gasteiger partial charge in [0.05, 0.1) is 19.1 Å². The predicted molar refractivity (Wildman–Crippen MR) is 94.6 cm³/mol. The van der Waals surface area contributed by atoms with Gasteiger partial charge in [-0.05, 0) is 36.6 Å². The zero-order valence-electron chi connectivity index (χ0n) is 14.4. The SMILES string of the molecule is C[C@H]1C[C@@H]1c1ccc(CN(C)C(=O)c2cncn2-c2ccccc2)o1. The summed E-state index contributed by atoms with van der Waals surface area (Å²) >= 11 is 0. The molecular formula is C20H21N3O2. The van der Waals surface area contributed by atoms with E-state index in [1.54, 1.807) is 29.0 Å². The van der Waals surface area contributed by atoms with Gasteiger partial charge < -0.3 is 9.32 Å². The van der Waals surface area contributed by atoms with Gasteiger partial charge in [-0.25, -0.2) is 4.98 Å². The van der Waals surface area contributed by atoms with E-state index in [0.717, 1.165) is 17.2 Å². The van der Waals surface area contributed by atoms with Crippen molar-refractivity contribution in [2.45, 2.75) is 25.8 Å². The molecule has 1 aliphatic carbocycles. The predicted octanol–water partition coefficient (Wildman–Crippen LogP) is 3.86. The molecule has 1 aromatic carbocycles. The van der Waals surface area contributed by atoms with Gasteiger partial charge in [0, 0.05) is 18.7 Å². The number of amides is 1. The second kappa shape index (κ2) is 6.24. The number of carbonyl (C=O) groups is 1. The fourth-order valence-electron chi connectivity index (χ4n) is 3.15. The molecule has 1 amide bonds. The van der Waals surface area contributed by atoms with E-state index in [-0.39, 0.29) is 5.91 Å². The summed E-state index contributed by atoms with van der Waals surface area (Å²) in [5, 5.41) is 0. The number of carbonyl (C=O) groups excluding carboxylic acids is 1. The Bertz CT molecular complexity index is 881. The molecular weight excluding hydrogens is 314 g/mol. The number of hydrogen-bond donors (Lipinski definition) is 0. The summed E-state index contributed by atoms with van der Waals surface area (Å²) in [7, 11) is 1.78. The van der Waals surface area contributed by atoms with Crippen LogP contribution in [-0.4, -0.2) is 27.4 Å². The Balaban J connectivity index is 1.49. The van der Waals surface area contributed by atoms with Gasteiger partial charge in [-0.1, -0.05) is 25.1 Å². The summed E-state index contributed by atoms with van der Waals surface area (Å²) in [6, 6.07) is 13.7. The van der Waals surface area contributed by atoms with Gasteiger partial charge in [0.15, 0.2) is 0 Å². The minimum absolute atomic E-state index is 0.0842. The smallest absolute Gasteiger partial charge is 0.272 e. The molecule has 2 heterocycles. The van der Waals surface area contributed by atoms with E-state index in [1.807, 2.05) is 42.5 Å². The lowest BCUT2D eigenvalue weighted by Crippen LogP contribution is -2.27. The van der Waals surface area contributed by atoms with Crippen molar-refractivity contribution in [2.24, 2.45) is 5.92 Å². The van der Waals surface area contributed by atoms with Crippen LogP contribution in [-0.2, 0) is 6.54 Å². The Morgan fingerprint density at radius 1 is 1.28 bits per heavy atom. The molecule has 2 aromatic heterocycles. The summed E-state index contributed by atoms with van der Waals surface area (Å²) in [4.78, 5) is 18.6. The van der Waals surface area contributed by atoms with Crippen molar-refractivity contribution in [1.82, 2.24) is 14.5 Å². The normalized spacial score (nSPS) is 19.0. The monoisotopic (exact) mass is 335 g/mol. The van der Waals surface area contributed by atoms with E-state index in [4.69, 9.17) is 4.42 Å². The van der Waals surface area contributed by atoms with E-state index in [1.165, 1.54) is 6.42 Å². The minimum atomic E-state index is -0.0842. The third-order valence-corrected chi connectivity index (χ3v) is 4.79. The molecule has 5 nitrogen and oxygen atoms in total. The van der Waals surface area contributed by atoms with Gasteiger partial charge in [-0.3, -0.25) is 9.36 Å². The maximum Gasteiger partial charge on any atom is 0.272 e. The van der Waals surface area contributed by atoms with Gasteiger partial charge in [0.2, 0.25) is 0 Å². The molecule has 2 atom stereocenters. The molecule has 5 heteroatoms. The highest BCUT2D eigenvalue weighted by Gasteiger charge is 2.36. The lowest BCUT2D eigenvalue weighted by molar-refractivity contribution is 0.0767. The van der Waals surface area contributed by atoms with E-state index in [2.05, 4.69) is 11.9 Å². The molecule has 0 unspecified atom stereocenters. The van der Waals surface area contributed by atoms with Crippen LogP contribution in [0.15, 0.2) is 59.4 Å². The zero-order valence-corrected chi connectivity index (χ0v) is 14.4. The van der Waals surface area contributed by atoms with Gasteiger partial charge in [0.25, 0.3) is 5.91 Å². The minimum Gasteiger partial charge on any atom is -0.464 e. The fraction of sp³-hybridized carbons (Fsp3) is 0.300. The molecule has 0 aliphatic heterocycles. The topological polar surface area (TPSA) is 51.3 Å². The average Bonchev–Trinajstić information content (AvgIpc) is 3.05. The summed E-state index contributed by atoms with van der Waals surface area (Å²) < 4.78 is 7.72. The van der Waals surface area contributed by atoms with E-state index in [9.17, 15) is 4.79 Å². The Kier molecular flexibility index (Phi) is 3.92. The summed E-state index contributed by atoms with van der Waals surface area (Å²) in [6.07, 6.45) is 4.46. The second-order valence-electron chi connectivity index (χ2n) is 6.77. The first-order valence-electron chi connectivity index (χ1n) is 8.55. The maximum absolute atomic E-state index is 12.8. The van der Waals surface area contributed by atoms with Crippen LogP contribution in [0.1, 0.15) is 41.3 Å². The van der Waals surface area contributed by atoms with Gasteiger partial charge in [0.1, 0.15) is 17.2 Å². The molecule has 0 bridgehead atoms. The average molecular weight is 335 g/mol. The van der Waals surface area contributed by atoms with Crippen molar-refractivity contribution >= 4 is 5.91 Å². The Morgan fingerprint density at radius 2 is 2.04 bits per heavy atom. The van der Waals surface area contributed by atoms with Crippen molar-refractivity contribution in [1.29, 1.82) is 0 Å². The standard InChI is InChI=1S/C20H21N3O2/c1-14-10-17(14)19-9-8-16(25-19)12-22(2)20(24)18-11-21-13-23(18)15-6-4-3-5-7-15/h3-9,11,13-14,17H,10,12H2,1-2H3/t14-,17-/m0/s1. The van der Waals surface area contributed by atoms with Crippen LogP contribution < -0.4 is 0 Å². The van der Waals surface area contributed by atoms with Crippen LogP contribution in [0.4, 0.5) is 0 Å². The fourth-order valence-corrected chi connectivity index (χ4v) is 3.15.